The minimum absolute atomic E-state index is 0.0693. The maximum atomic E-state index is 12.9. The molecule has 4 aromatic heterocycles. The van der Waals surface area contributed by atoms with Crippen LogP contribution >= 0.6 is 11.8 Å². The van der Waals surface area contributed by atoms with Gasteiger partial charge in [-0.1, -0.05) is 11.8 Å². The predicted molar refractivity (Wildman–Crippen MR) is 91.4 cm³/mol. The van der Waals surface area contributed by atoms with Crippen LogP contribution in [0.4, 0.5) is 0 Å². The first-order chi connectivity index (χ1) is 11.7. The lowest BCUT2D eigenvalue weighted by Gasteiger charge is -2.08. The van der Waals surface area contributed by atoms with Gasteiger partial charge in [-0.05, 0) is 19.2 Å². The third kappa shape index (κ3) is 2.37. The van der Waals surface area contributed by atoms with E-state index < -0.39 is 0 Å². The van der Waals surface area contributed by atoms with Crippen LogP contribution in [0.3, 0.4) is 0 Å². The van der Waals surface area contributed by atoms with Crippen LogP contribution in [-0.2, 0) is 13.0 Å². The van der Waals surface area contributed by atoms with Crippen molar-refractivity contribution in [2.24, 2.45) is 0 Å². The average Bonchev–Trinajstić information content (AvgIpc) is 3.22. The van der Waals surface area contributed by atoms with Gasteiger partial charge in [-0.3, -0.25) is 4.79 Å². The molecule has 4 rings (SSSR count). The molecule has 0 fully saturated rings. The van der Waals surface area contributed by atoms with Gasteiger partial charge in [0.1, 0.15) is 0 Å². The van der Waals surface area contributed by atoms with E-state index in [1.165, 1.54) is 11.8 Å². The highest BCUT2D eigenvalue weighted by molar-refractivity contribution is 7.98. The number of nitrogens with one attached hydrogen (secondary N) is 1. The predicted octanol–water partition coefficient (Wildman–Crippen LogP) is 1.44. The van der Waals surface area contributed by atoms with Crippen LogP contribution < -0.4 is 5.56 Å². The first kappa shape index (κ1) is 14.9. The average molecular weight is 341 g/mol. The molecule has 0 unspecified atom stereocenters. The molecule has 4 heterocycles. The van der Waals surface area contributed by atoms with Crippen LogP contribution in [0.2, 0.25) is 0 Å². The molecule has 1 N–H and O–H groups in total. The Balaban J connectivity index is 1.84. The molecule has 0 aliphatic heterocycles. The molecule has 122 valence electrons. The molecule has 0 bridgehead atoms. The number of hydrogen-bond acceptors (Lipinski definition) is 6. The van der Waals surface area contributed by atoms with E-state index >= 15 is 0 Å². The number of aromatic nitrogens is 7. The molecule has 0 spiro atoms. The van der Waals surface area contributed by atoms with Crippen molar-refractivity contribution < 1.29 is 0 Å². The molecule has 4 aromatic rings. The number of fused-ring (bicyclic) bond motifs is 3. The van der Waals surface area contributed by atoms with Crippen molar-refractivity contribution in [2.75, 3.05) is 6.26 Å². The number of hydrogen-bond donors (Lipinski definition) is 1. The Kier molecular flexibility index (Phi) is 3.57. The van der Waals surface area contributed by atoms with Crippen molar-refractivity contribution in [3.8, 4) is 0 Å². The van der Waals surface area contributed by atoms with E-state index in [2.05, 4.69) is 25.0 Å². The number of nitrogens with zero attached hydrogens (tertiary/aromatic N) is 6. The molecule has 9 heteroatoms. The lowest BCUT2D eigenvalue weighted by Crippen LogP contribution is -2.22. The summed E-state index contributed by atoms with van der Waals surface area (Å²) in [7, 11) is 0. The van der Waals surface area contributed by atoms with Gasteiger partial charge >= 0.3 is 0 Å². The van der Waals surface area contributed by atoms with Gasteiger partial charge < -0.3 is 9.55 Å². The van der Waals surface area contributed by atoms with Gasteiger partial charge in [0.2, 0.25) is 5.16 Å². The van der Waals surface area contributed by atoms with Gasteiger partial charge in [0, 0.05) is 31.1 Å². The summed E-state index contributed by atoms with van der Waals surface area (Å²) >= 11 is 1.45. The Morgan fingerprint density at radius 2 is 2.21 bits per heavy atom. The molecule has 0 amide bonds. The molecule has 0 saturated heterocycles. The smallest absolute Gasteiger partial charge is 0.261 e. The number of thioether (sulfide) groups is 1. The summed E-state index contributed by atoms with van der Waals surface area (Å²) < 4.78 is 3.32. The summed E-state index contributed by atoms with van der Waals surface area (Å²) in [5.74, 6) is 0.513. The number of aromatic amines is 1. The van der Waals surface area contributed by atoms with Gasteiger partial charge in [-0.25, -0.2) is 9.97 Å². The second kappa shape index (κ2) is 5.75. The zero-order valence-electron chi connectivity index (χ0n) is 13.2. The number of rotatable bonds is 4. The van der Waals surface area contributed by atoms with E-state index in [9.17, 15) is 4.79 Å². The molecule has 0 saturated carbocycles. The van der Waals surface area contributed by atoms with Crippen LogP contribution in [0.1, 0.15) is 11.4 Å². The number of pyridine rings is 1. The Bertz CT molecular complexity index is 1080. The summed E-state index contributed by atoms with van der Waals surface area (Å²) in [4.78, 5) is 28.7. The zero-order valence-corrected chi connectivity index (χ0v) is 14.0. The summed E-state index contributed by atoms with van der Waals surface area (Å²) in [6.45, 7) is 2.40. The largest absolute Gasteiger partial charge is 0.348 e. The lowest BCUT2D eigenvalue weighted by atomic mass is 10.2. The fourth-order valence-electron chi connectivity index (χ4n) is 2.73. The first-order valence-electron chi connectivity index (χ1n) is 7.45. The van der Waals surface area contributed by atoms with Crippen molar-refractivity contribution >= 4 is 28.4 Å². The highest BCUT2D eigenvalue weighted by Gasteiger charge is 2.14. The van der Waals surface area contributed by atoms with Crippen LogP contribution in [0.5, 0.6) is 0 Å². The van der Waals surface area contributed by atoms with E-state index in [-0.39, 0.29) is 5.56 Å². The van der Waals surface area contributed by atoms with Crippen molar-refractivity contribution in [1.82, 2.24) is 34.1 Å². The summed E-state index contributed by atoms with van der Waals surface area (Å²) in [6.07, 6.45) is 7.81. The normalized spacial score (nSPS) is 11.6. The lowest BCUT2D eigenvalue weighted by molar-refractivity contribution is 0.666. The second-order valence-electron chi connectivity index (χ2n) is 5.41. The summed E-state index contributed by atoms with van der Waals surface area (Å²) in [5.41, 5.74) is 2.32. The maximum absolute atomic E-state index is 12.9. The number of aryl methyl sites for hydroxylation is 3. The topological polar surface area (TPSA) is 93.8 Å². The van der Waals surface area contributed by atoms with E-state index in [1.807, 2.05) is 19.2 Å². The third-order valence-electron chi connectivity index (χ3n) is 3.93. The highest BCUT2D eigenvalue weighted by Crippen LogP contribution is 2.17. The molecular formula is C15H15N7OS. The molecular weight excluding hydrogens is 326 g/mol. The van der Waals surface area contributed by atoms with Crippen molar-refractivity contribution in [3.05, 3.63) is 46.5 Å². The van der Waals surface area contributed by atoms with Gasteiger partial charge in [0.15, 0.2) is 0 Å². The van der Waals surface area contributed by atoms with Gasteiger partial charge in [0.05, 0.1) is 22.9 Å². The summed E-state index contributed by atoms with van der Waals surface area (Å²) in [6, 6.07) is 1.89. The Labute approximate surface area is 141 Å². The second-order valence-corrected chi connectivity index (χ2v) is 6.18. The fourth-order valence-corrected chi connectivity index (χ4v) is 3.07. The standard InChI is InChI=1S/C15H15N7OS/c1-9-12-11(22-14(18-9)19-15(20-22)24-2)4-6-21(13(12)23)5-3-10-7-16-8-17-10/h4,6-8H,3,5H2,1-2H3,(H,16,17). The van der Waals surface area contributed by atoms with Crippen molar-refractivity contribution in [1.29, 1.82) is 0 Å². The monoisotopic (exact) mass is 341 g/mol. The van der Waals surface area contributed by atoms with Gasteiger partial charge in [-0.15, -0.1) is 5.10 Å². The Hall–Kier alpha value is -2.68. The third-order valence-corrected chi connectivity index (χ3v) is 4.47. The fraction of sp³-hybridized carbons (Fsp3) is 0.267. The maximum Gasteiger partial charge on any atom is 0.261 e. The van der Waals surface area contributed by atoms with Crippen molar-refractivity contribution in [3.63, 3.8) is 0 Å². The van der Waals surface area contributed by atoms with Crippen LogP contribution in [0.25, 0.3) is 16.7 Å². The minimum Gasteiger partial charge on any atom is -0.348 e. The van der Waals surface area contributed by atoms with E-state index in [1.54, 1.807) is 27.8 Å². The van der Waals surface area contributed by atoms with E-state index in [0.29, 0.717) is 35.0 Å². The zero-order chi connectivity index (χ0) is 16.7. The number of imidazole rings is 1. The van der Waals surface area contributed by atoms with Gasteiger partial charge in [-0.2, -0.15) is 9.50 Å². The first-order valence-corrected chi connectivity index (χ1v) is 8.67. The Morgan fingerprint density at radius 1 is 1.33 bits per heavy atom. The Morgan fingerprint density at radius 3 is 2.96 bits per heavy atom. The van der Waals surface area contributed by atoms with Crippen LogP contribution in [0.15, 0.2) is 34.7 Å². The molecule has 0 aromatic carbocycles. The SMILES string of the molecule is CSc1nc2nc(C)c3c(=O)n(CCc4cnc[nH]4)ccc3n2n1. The van der Waals surface area contributed by atoms with E-state index in [0.717, 1.165) is 11.2 Å². The quantitative estimate of drug-likeness (QED) is 0.565. The van der Waals surface area contributed by atoms with E-state index in [4.69, 9.17) is 0 Å². The molecule has 0 aliphatic rings. The summed E-state index contributed by atoms with van der Waals surface area (Å²) in [5, 5.41) is 5.62. The van der Waals surface area contributed by atoms with Crippen molar-refractivity contribution in [2.45, 2.75) is 25.0 Å². The molecule has 0 aliphatic carbocycles. The molecule has 0 radical (unpaired) electrons. The molecule has 8 nitrogen and oxygen atoms in total. The molecule has 24 heavy (non-hydrogen) atoms. The number of H-pyrrole nitrogens is 1. The molecule has 0 atom stereocenters. The van der Waals surface area contributed by atoms with Gasteiger partial charge in [0.25, 0.3) is 11.3 Å². The highest BCUT2D eigenvalue weighted by atomic mass is 32.2. The van der Waals surface area contributed by atoms with Crippen LogP contribution in [0, 0.1) is 6.92 Å². The minimum atomic E-state index is -0.0693. The van der Waals surface area contributed by atoms with Crippen LogP contribution in [-0.4, -0.2) is 40.4 Å².